The average molecular weight is 252 g/mol. The van der Waals surface area contributed by atoms with Gasteiger partial charge in [-0.05, 0) is 43.6 Å². The van der Waals surface area contributed by atoms with Gasteiger partial charge in [0.25, 0.3) is 5.91 Å². The van der Waals surface area contributed by atoms with E-state index >= 15 is 0 Å². The smallest absolute Gasteiger partial charge is 0.255 e. The van der Waals surface area contributed by atoms with Crippen LogP contribution in [0.25, 0.3) is 0 Å². The van der Waals surface area contributed by atoms with Crippen LogP contribution in [-0.4, -0.2) is 30.1 Å². The lowest BCUT2D eigenvalue weighted by molar-refractivity contribution is 0.0911. The van der Waals surface area contributed by atoms with E-state index in [2.05, 4.69) is 10.6 Å². The first kappa shape index (κ1) is 12.8. The SMILES string of the molecule is CC1CNCCC1NC(=O)c1cc(F)ccc1O. The average Bonchev–Trinajstić information content (AvgIpc) is 2.35. The van der Waals surface area contributed by atoms with Crippen LogP contribution in [-0.2, 0) is 0 Å². The van der Waals surface area contributed by atoms with E-state index in [4.69, 9.17) is 0 Å². The number of nitrogens with one attached hydrogen (secondary N) is 2. The highest BCUT2D eigenvalue weighted by atomic mass is 19.1. The second kappa shape index (κ2) is 5.35. The topological polar surface area (TPSA) is 61.4 Å². The summed E-state index contributed by atoms with van der Waals surface area (Å²) in [6.07, 6.45) is 0.836. The molecule has 2 atom stereocenters. The number of rotatable bonds is 2. The van der Waals surface area contributed by atoms with Crippen LogP contribution in [0.15, 0.2) is 18.2 Å². The van der Waals surface area contributed by atoms with Crippen molar-refractivity contribution in [1.29, 1.82) is 0 Å². The molecule has 5 heteroatoms. The third-order valence-electron chi connectivity index (χ3n) is 3.31. The molecule has 0 bridgehead atoms. The van der Waals surface area contributed by atoms with Gasteiger partial charge in [-0.25, -0.2) is 4.39 Å². The molecule has 0 aromatic heterocycles. The zero-order valence-corrected chi connectivity index (χ0v) is 10.2. The number of carbonyl (C=O) groups is 1. The first-order valence-electron chi connectivity index (χ1n) is 6.08. The lowest BCUT2D eigenvalue weighted by Crippen LogP contribution is -2.48. The van der Waals surface area contributed by atoms with E-state index < -0.39 is 11.7 Å². The van der Waals surface area contributed by atoms with Crippen LogP contribution in [0.1, 0.15) is 23.7 Å². The number of halogens is 1. The maximum atomic E-state index is 13.1. The van der Waals surface area contributed by atoms with E-state index in [0.29, 0.717) is 5.92 Å². The van der Waals surface area contributed by atoms with Crippen molar-refractivity contribution < 1.29 is 14.3 Å². The van der Waals surface area contributed by atoms with Crippen LogP contribution >= 0.6 is 0 Å². The van der Waals surface area contributed by atoms with Crippen LogP contribution in [0.5, 0.6) is 5.75 Å². The summed E-state index contributed by atoms with van der Waals surface area (Å²) in [4.78, 5) is 12.0. The highest BCUT2D eigenvalue weighted by molar-refractivity contribution is 5.97. The molecule has 98 valence electrons. The third-order valence-corrected chi connectivity index (χ3v) is 3.31. The zero-order chi connectivity index (χ0) is 13.1. The van der Waals surface area contributed by atoms with Gasteiger partial charge in [0, 0.05) is 6.04 Å². The second-order valence-corrected chi connectivity index (χ2v) is 4.71. The number of hydrogen-bond donors (Lipinski definition) is 3. The van der Waals surface area contributed by atoms with Crippen molar-refractivity contribution in [3.63, 3.8) is 0 Å². The second-order valence-electron chi connectivity index (χ2n) is 4.71. The van der Waals surface area contributed by atoms with Crippen molar-refractivity contribution in [2.45, 2.75) is 19.4 Å². The van der Waals surface area contributed by atoms with Gasteiger partial charge in [-0.1, -0.05) is 6.92 Å². The summed E-state index contributed by atoms with van der Waals surface area (Å²) in [5, 5.41) is 15.6. The van der Waals surface area contributed by atoms with Crippen LogP contribution in [0, 0.1) is 11.7 Å². The predicted molar refractivity (Wildman–Crippen MR) is 66.0 cm³/mol. The Kier molecular flexibility index (Phi) is 3.81. The molecule has 1 amide bonds. The number of benzene rings is 1. The molecule has 2 unspecified atom stereocenters. The van der Waals surface area contributed by atoms with E-state index in [1.165, 1.54) is 6.07 Å². The van der Waals surface area contributed by atoms with E-state index in [1.54, 1.807) is 0 Å². The highest BCUT2D eigenvalue weighted by Crippen LogP contribution is 2.19. The Morgan fingerprint density at radius 1 is 1.56 bits per heavy atom. The summed E-state index contributed by atoms with van der Waals surface area (Å²) in [7, 11) is 0. The van der Waals surface area contributed by atoms with Crippen LogP contribution in [0.4, 0.5) is 4.39 Å². The minimum atomic E-state index is -0.531. The lowest BCUT2D eigenvalue weighted by atomic mass is 9.95. The molecule has 4 nitrogen and oxygen atoms in total. The summed E-state index contributed by atoms with van der Waals surface area (Å²) in [6.45, 7) is 3.74. The molecule has 1 aliphatic rings. The maximum absolute atomic E-state index is 13.1. The van der Waals surface area contributed by atoms with Gasteiger partial charge in [-0.3, -0.25) is 4.79 Å². The summed E-state index contributed by atoms with van der Waals surface area (Å²) < 4.78 is 13.1. The van der Waals surface area contributed by atoms with Crippen molar-refractivity contribution in [3.05, 3.63) is 29.6 Å². The minimum absolute atomic E-state index is 0.0132. The third kappa shape index (κ3) is 2.79. The lowest BCUT2D eigenvalue weighted by Gasteiger charge is -2.30. The predicted octanol–water partition coefficient (Wildman–Crippen LogP) is 1.26. The molecular weight excluding hydrogens is 235 g/mol. The number of aromatic hydroxyl groups is 1. The number of amides is 1. The van der Waals surface area contributed by atoms with E-state index in [-0.39, 0.29) is 17.4 Å². The Balaban J connectivity index is 2.09. The van der Waals surface area contributed by atoms with Gasteiger partial charge in [0.2, 0.25) is 0 Å². The van der Waals surface area contributed by atoms with Crippen molar-refractivity contribution in [1.82, 2.24) is 10.6 Å². The monoisotopic (exact) mass is 252 g/mol. The fraction of sp³-hybridized carbons (Fsp3) is 0.462. The van der Waals surface area contributed by atoms with Crippen molar-refractivity contribution >= 4 is 5.91 Å². The molecule has 2 rings (SSSR count). The van der Waals surface area contributed by atoms with Gasteiger partial charge in [0.15, 0.2) is 0 Å². The summed E-state index contributed by atoms with van der Waals surface area (Å²) in [5.41, 5.74) is -0.0132. The summed E-state index contributed by atoms with van der Waals surface area (Å²) >= 11 is 0. The number of carbonyl (C=O) groups excluding carboxylic acids is 1. The fourth-order valence-electron chi connectivity index (χ4n) is 2.16. The maximum Gasteiger partial charge on any atom is 0.255 e. The molecule has 3 N–H and O–H groups in total. The summed E-state index contributed by atoms with van der Waals surface area (Å²) in [6, 6.07) is 3.42. The molecule has 0 aliphatic carbocycles. The molecule has 1 fully saturated rings. The summed E-state index contributed by atoms with van der Waals surface area (Å²) in [5.74, 6) is -0.837. The molecule has 0 radical (unpaired) electrons. The van der Waals surface area contributed by atoms with Crippen LogP contribution < -0.4 is 10.6 Å². The molecule has 1 heterocycles. The molecule has 1 aromatic rings. The quantitative estimate of drug-likeness (QED) is 0.742. The van der Waals surface area contributed by atoms with Gasteiger partial charge < -0.3 is 15.7 Å². The molecule has 1 saturated heterocycles. The van der Waals surface area contributed by atoms with E-state index in [9.17, 15) is 14.3 Å². The zero-order valence-electron chi connectivity index (χ0n) is 10.2. The standard InChI is InChI=1S/C13H17FN2O2/c1-8-7-15-5-4-11(8)16-13(18)10-6-9(14)2-3-12(10)17/h2-3,6,8,11,15,17H,4-5,7H2,1H3,(H,16,18). The van der Waals surface area contributed by atoms with Gasteiger partial charge in [-0.15, -0.1) is 0 Å². The molecule has 0 spiro atoms. The molecule has 1 aromatic carbocycles. The number of piperidine rings is 1. The van der Waals surface area contributed by atoms with Crippen molar-refractivity contribution in [3.8, 4) is 5.75 Å². The largest absolute Gasteiger partial charge is 0.507 e. The number of phenolic OH excluding ortho intramolecular Hbond substituents is 1. The minimum Gasteiger partial charge on any atom is -0.507 e. The molecule has 1 aliphatic heterocycles. The van der Waals surface area contributed by atoms with Gasteiger partial charge >= 0.3 is 0 Å². The molecule has 18 heavy (non-hydrogen) atoms. The van der Waals surface area contributed by atoms with Crippen molar-refractivity contribution in [2.75, 3.05) is 13.1 Å². The molecule has 0 saturated carbocycles. The number of hydrogen-bond acceptors (Lipinski definition) is 3. The van der Waals surface area contributed by atoms with Gasteiger partial charge in [0.1, 0.15) is 11.6 Å². The Labute approximate surface area is 105 Å². The Hall–Kier alpha value is -1.62. The van der Waals surface area contributed by atoms with Crippen molar-refractivity contribution in [2.24, 2.45) is 5.92 Å². The fourth-order valence-corrected chi connectivity index (χ4v) is 2.16. The first-order chi connectivity index (χ1) is 8.58. The van der Waals surface area contributed by atoms with Crippen LogP contribution in [0.3, 0.4) is 0 Å². The van der Waals surface area contributed by atoms with Gasteiger partial charge in [-0.2, -0.15) is 0 Å². The number of phenols is 1. The first-order valence-corrected chi connectivity index (χ1v) is 6.08. The normalized spacial score (nSPS) is 23.7. The Bertz CT molecular complexity index is 451. The van der Waals surface area contributed by atoms with E-state index in [1.807, 2.05) is 6.92 Å². The Morgan fingerprint density at radius 2 is 2.33 bits per heavy atom. The highest BCUT2D eigenvalue weighted by Gasteiger charge is 2.24. The van der Waals surface area contributed by atoms with E-state index in [0.717, 1.165) is 31.6 Å². The Morgan fingerprint density at radius 3 is 3.06 bits per heavy atom. The van der Waals surface area contributed by atoms with Crippen LogP contribution in [0.2, 0.25) is 0 Å². The van der Waals surface area contributed by atoms with Gasteiger partial charge in [0.05, 0.1) is 5.56 Å². The molecular formula is C13H17FN2O2.